The molecule has 35 heavy (non-hydrogen) atoms. The smallest absolute Gasteiger partial charge is 0.486 e. The van der Waals surface area contributed by atoms with Crippen LogP contribution >= 0.6 is 0 Å². The van der Waals surface area contributed by atoms with Gasteiger partial charge in [-0.15, -0.1) is 0 Å². The van der Waals surface area contributed by atoms with Gasteiger partial charge in [-0.2, -0.15) is 17.5 Å². The summed E-state index contributed by atoms with van der Waals surface area (Å²) in [5, 5.41) is 11.1. The Morgan fingerprint density at radius 1 is 1.20 bits per heavy atom. The average Bonchev–Trinajstić information content (AvgIpc) is 3.20. The number of rotatable bonds is 5. The Bertz CT molecular complexity index is 1280. The van der Waals surface area contributed by atoms with Gasteiger partial charge >= 0.3 is 12.1 Å². The molecular formula is C20H16F5N3O6S. The van der Waals surface area contributed by atoms with Gasteiger partial charge in [0.2, 0.25) is 10.0 Å². The van der Waals surface area contributed by atoms with Gasteiger partial charge in [0.25, 0.3) is 0 Å². The molecule has 1 aromatic carbocycles. The summed E-state index contributed by atoms with van der Waals surface area (Å²) in [6.07, 6.45) is -1.63. The van der Waals surface area contributed by atoms with E-state index in [4.69, 9.17) is 19.2 Å². The molecule has 1 aliphatic heterocycles. The third-order valence-electron chi connectivity index (χ3n) is 4.60. The van der Waals surface area contributed by atoms with Crippen molar-refractivity contribution in [2.24, 2.45) is 0 Å². The number of benzene rings is 1. The predicted octanol–water partition coefficient (Wildman–Crippen LogP) is 3.31. The number of alkyl halides is 3. The molecule has 0 spiro atoms. The number of nitrogens with zero attached hydrogens (tertiary/aromatic N) is 3. The highest BCUT2D eigenvalue weighted by Crippen LogP contribution is 2.28. The summed E-state index contributed by atoms with van der Waals surface area (Å²) < 4.78 is 96.4. The summed E-state index contributed by atoms with van der Waals surface area (Å²) in [5.74, 6) is -3.55. The van der Waals surface area contributed by atoms with Gasteiger partial charge in [-0.1, -0.05) is 5.16 Å². The molecule has 9 nitrogen and oxygen atoms in total. The molecule has 0 saturated heterocycles. The second-order valence-electron chi connectivity index (χ2n) is 7.01. The molecule has 3 heterocycles. The molecule has 15 heteroatoms. The lowest BCUT2D eigenvalue weighted by Crippen LogP contribution is -2.36. The Balaban J connectivity index is 0.000000429. The van der Waals surface area contributed by atoms with Crippen LogP contribution in [0.15, 0.2) is 52.1 Å². The fraction of sp³-hybridized carbons (Fsp3) is 0.250. The lowest BCUT2D eigenvalue weighted by molar-refractivity contribution is -0.192. The topological polar surface area (TPSA) is 123 Å². The summed E-state index contributed by atoms with van der Waals surface area (Å²) in [7, 11) is -4.08. The first-order chi connectivity index (χ1) is 16.4. The van der Waals surface area contributed by atoms with E-state index in [1.54, 1.807) is 24.5 Å². The lowest BCUT2D eigenvalue weighted by Gasteiger charge is -2.25. The monoisotopic (exact) mass is 521 g/mol. The zero-order valence-electron chi connectivity index (χ0n) is 17.5. The van der Waals surface area contributed by atoms with Crippen LogP contribution in [0.1, 0.15) is 17.0 Å². The summed E-state index contributed by atoms with van der Waals surface area (Å²) in [5.41, 5.74) is 1.06. The fourth-order valence-electron chi connectivity index (χ4n) is 2.97. The standard InChI is InChI=1S/C18H15F2N3O4S.C2HF3O2/c19-12-6-13(20)8-15(7-12)28(24,25)23-5-3-18-16(10-23)17(22-27-18)11-26-14-2-1-4-21-9-14;3-2(4,5)1(6)7/h1-2,4,6-9H,3,5,10-11H2;(H,6,7). The molecule has 1 N–H and O–H groups in total. The second-order valence-corrected chi connectivity index (χ2v) is 8.94. The van der Waals surface area contributed by atoms with Crippen LogP contribution < -0.4 is 4.74 Å². The van der Waals surface area contributed by atoms with Gasteiger partial charge in [0.1, 0.15) is 35.4 Å². The highest BCUT2D eigenvalue weighted by Gasteiger charge is 2.38. The van der Waals surface area contributed by atoms with Crippen molar-refractivity contribution < 1.29 is 49.5 Å². The SMILES string of the molecule is O=C(O)C(F)(F)F.O=S(=O)(c1cc(F)cc(F)c1)N1CCc2onc(COc3cccnc3)c2C1. The van der Waals surface area contributed by atoms with Crippen LogP contribution in [0.4, 0.5) is 22.0 Å². The number of aromatic nitrogens is 2. The van der Waals surface area contributed by atoms with Crippen molar-refractivity contribution in [1.82, 2.24) is 14.4 Å². The number of aliphatic carboxylic acids is 1. The van der Waals surface area contributed by atoms with Crippen molar-refractivity contribution in [3.05, 3.63) is 71.4 Å². The molecule has 0 fully saturated rings. The molecule has 0 atom stereocenters. The summed E-state index contributed by atoms with van der Waals surface area (Å²) in [4.78, 5) is 12.4. The summed E-state index contributed by atoms with van der Waals surface area (Å²) >= 11 is 0. The van der Waals surface area contributed by atoms with Crippen molar-refractivity contribution >= 4 is 16.0 Å². The van der Waals surface area contributed by atoms with E-state index in [9.17, 15) is 30.4 Å². The van der Waals surface area contributed by atoms with Crippen molar-refractivity contribution in [1.29, 1.82) is 0 Å². The molecule has 4 rings (SSSR count). The fourth-order valence-corrected chi connectivity index (χ4v) is 4.42. The number of halogens is 5. The first kappa shape index (κ1) is 26.0. The number of pyridine rings is 1. The van der Waals surface area contributed by atoms with Gasteiger partial charge in [0.15, 0.2) is 0 Å². The molecule has 1 aliphatic rings. The molecule has 0 bridgehead atoms. The van der Waals surface area contributed by atoms with Gasteiger partial charge in [-0.05, 0) is 24.3 Å². The van der Waals surface area contributed by atoms with Crippen molar-refractivity contribution in [2.75, 3.05) is 6.54 Å². The Morgan fingerprint density at radius 3 is 2.43 bits per heavy atom. The number of carboxylic acid groups (broad SMARTS) is 1. The van der Waals surface area contributed by atoms with Crippen LogP contribution in [-0.4, -0.2) is 46.7 Å². The highest BCUT2D eigenvalue weighted by atomic mass is 32.2. The molecule has 0 unspecified atom stereocenters. The largest absolute Gasteiger partial charge is 0.490 e. The van der Waals surface area contributed by atoms with Gasteiger partial charge < -0.3 is 14.4 Å². The van der Waals surface area contributed by atoms with Crippen LogP contribution in [0.5, 0.6) is 5.75 Å². The van der Waals surface area contributed by atoms with Crippen LogP contribution in [0, 0.1) is 11.6 Å². The molecule has 0 aliphatic carbocycles. The second kappa shape index (κ2) is 10.4. The maximum Gasteiger partial charge on any atom is 0.490 e. The number of carboxylic acids is 1. The number of hydrogen-bond donors (Lipinski definition) is 1. The normalized spacial score (nSPS) is 14.0. The number of carbonyl (C=O) groups is 1. The first-order valence-electron chi connectivity index (χ1n) is 9.63. The van der Waals surface area contributed by atoms with E-state index in [0.29, 0.717) is 35.3 Å². The van der Waals surface area contributed by atoms with E-state index < -0.39 is 38.7 Å². The molecule has 2 aromatic heterocycles. The van der Waals surface area contributed by atoms with Crippen LogP contribution in [0.3, 0.4) is 0 Å². The summed E-state index contributed by atoms with van der Waals surface area (Å²) in [6, 6.07) is 5.68. The van der Waals surface area contributed by atoms with Gasteiger partial charge in [-0.3, -0.25) is 4.98 Å². The van der Waals surface area contributed by atoms with Crippen LogP contribution in [-0.2, 0) is 34.4 Å². The van der Waals surface area contributed by atoms with Crippen molar-refractivity contribution in [2.45, 2.75) is 30.6 Å². The minimum atomic E-state index is -5.08. The number of hydrogen-bond acceptors (Lipinski definition) is 7. The lowest BCUT2D eigenvalue weighted by atomic mass is 10.1. The Morgan fingerprint density at radius 2 is 1.86 bits per heavy atom. The van der Waals surface area contributed by atoms with Crippen molar-refractivity contribution in [3.8, 4) is 5.75 Å². The van der Waals surface area contributed by atoms with Crippen LogP contribution in [0.25, 0.3) is 0 Å². The number of fused-ring (bicyclic) bond motifs is 1. The van der Waals surface area contributed by atoms with Gasteiger partial charge in [0.05, 0.1) is 11.1 Å². The quantitative estimate of drug-likeness (QED) is 0.508. The van der Waals surface area contributed by atoms with E-state index in [1.165, 1.54) is 0 Å². The molecule has 0 amide bonds. The third kappa shape index (κ3) is 6.51. The molecule has 0 saturated carbocycles. The Labute approximate surface area is 194 Å². The zero-order chi connectivity index (χ0) is 25.8. The number of sulfonamides is 1. The van der Waals surface area contributed by atoms with Crippen molar-refractivity contribution in [3.63, 3.8) is 0 Å². The van der Waals surface area contributed by atoms with E-state index >= 15 is 0 Å². The van der Waals surface area contributed by atoms with Crippen LogP contribution in [0.2, 0.25) is 0 Å². The maximum absolute atomic E-state index is 13.5. The third-order valence-corrected chi connectivity index (χ3v) is 6.42. The minimum Gasteiger partial charge on any atom is -0.486 e. The summed E-state index contributed by atoms with van der Waals surface area (Å²) in [6.45, 7) is 0.170. The predicted molar refractivity (Wildman–Crippen MR) is 106 cm³/mol. The number of ether oxygens (including phenoxy) is 1. The van der Waals surface area contributed by atoms with E-state index in [2.05, 4.69) is 10.1 Å². The molecule has 188 valence electrons. The molecule has 0 radical (unpaired) electrons. The Kier molecular flexibility index (Phi) is 7.70. The van der Waals surface area contributed by atoms with Gasteiger partial charge in [-0.25, -0.2) is 22.0 Å². The molecular weight excluding hydrogens is 505 g/mol. The average molecular weight is 521 g/mol. The van der Waals surface area contributed by atoms with E-state index in [1.807, 2.05) is 0 Å². The molecule has 3 aromatic rings. The van der Waals surface area contributed by atoms with E-state index in [-0.39, 0.29) is 19.7 Å². The zero-order valence-corrected chi connectivity index (χ0v) is 18.3. The maximum atomic E-state index is 13.5. The van der Waals surface area contributed by atoms with Gasteiger partial charge in [0, 0.05) is 37.3 Å². The highest BCUT2D eigenvalue weighted by molar-refractivity contribution is 7.89. The minimum absolute atomic E-state index is 0.0228. The first-order valence-corrected chi connectivity index (χ1v) is 11.1. The Hall–Kier alpha value is -3.59. The van der Waals surface area contributed by atoms with E-state index in [0.717, 1.165) is 16.4 Å².